The van der Waals surface area contributed by atoms with E-state index in [-0.39, 0.29) is 5.54 Å². The van der Waals surface area contributed by atoms with Crippen molar-refractivity contribution < 1.29 is 0 Å². The van der Waals surface area contributed by atoms with Crippen LogP contribution in [0.25, 0.3) is 0 Å². The third kappa shape index (κ3) is 4.27. The maximum Gasteiger partial charge on any atom is 0.101 e. The van der Waals surface area contributed by atoms with E-state index in [0.717, 1.165) is 32.2 Å². The van der Waals surface area contributed by atoms with Gasteiger partial charge in [-0.05, 0) is 69.9 Å². The van der Waals surface area contributed by atoms with E-state index in [9.17, 15) is 0 Å². The zero-order chi connectivity index (χ0) is 20.4. The van der Waals surface area contributed by atoms with Crippen LogP contribution >= 0.6 is 0 Å². The maximum absolute atomic E-state index is 4.15. The second-order valence-electron chi connectivity index (χ2n) is 9.40. The van der Waals surface area contributed by atoms with Gasteiger partial charge in [-0.3, -0.25) is 0 Å². The van der Waals surface area contributed by atoms with Crippen LogP contribution in [0.4, 0.5) is 0 Å². The Morgan fingerprint density at radius 3 is 2.72 bits per heavy atom. The predicted octanol–water partition coefficient (Wildman–Crippen LogP) is 6.53. The van der Waals surface area contributed by atoms with Crippen molar-refractivity contribution >= 4 is 0 Å². The molecule has 0 radical (unpaired) electrons. The lowest BCUT2D eigenvalue weighted by Gasteiger charge is -2.52. The van der Waals surface area contributed by atoms with Gasteiger partial charge in [-0.2, -0.15) is 24.6 Å². The summed E-state index contributed by atoms with van der Waals surface area (Å²) >= 11 is 0. The topological polar surface area (TPSA) is 15.3 Å². The Kier molecular flexibility index (Phi) is 5.81. The van der Waals surface area contributed by atoms with Crippen molar-refractivity contribution in [1.82, 2.24) is 10.2 Å². The maximum atomic E-state index is 4.15. The van der Waals surface area contributed by atoms with Crippen molar-refractivity contribution in [2.75, 3.05) is 6.54 Å². The van der Waals surface area contributed by atoms with Gasteiger partial charge in [0.2, 0.25) is 0 Å². The van der Waals surface area contributed by atoms with E-state index in [1.54, 1.807) is 11.1 Å². The number of rotatable bonds is 5. The average molecular weight is 390 g/mol. The number of allylic oxidation sites excluding steroid dienone is 6. The molecule has 4 rings (SSSR count). The standard InChI is InChI=1S/C27H37N2/c1-5-17-27(25-15-10-21(3)11-16-25)18-19-29(26(28-27)24-13-14-24)22(4)23-8-6-7-20(2)9-12-23/h5,9-10,12,15,22,28H,1,3,6-8,11,13-14,16-19H2,2,4H3/q-1. The summed E-state index contributed by atoms with van der Waals surface area (Å²) in [7, 11) is 0. The molecule has 1 aliphatic heterocycles. The zero-order valence-corrected chi connectivity index (χ0v) is 18.4. The molecule has 3 aliphatic carbocycles. The average Bonchev–Trinajstić information content (AvgIpc) is 3.56. The first-order valence-electron chi connectivity index (χ1n) is 11.5. The highest BCUT2D eigenvalue weighted by Crippen LogP contribution is 2.43. The molecular formula is C27H37N2-. The molecular weight excluding hydrogens is 352 g/mol. The second kappa shape index (κ2) is 8.34. The van der Waals surface area contributed by atoms with Crippen LogP contribution in [-0.2, 0) is 0 Å². The van der Waals surface area contributed by atoms with Crippen LogP contribution in [0.5, 0.6) is 0 Å². The number of nitrogens with one attached hydrogen (secondary N) is 1. The molecule has 2 nitrogen and oxygen atoms in total. The Bertz CT molecular complexity index is 800. The molecule has 1 saturated carbocycles. The summed E-state index contributed by atoms with van der Waals surface area (Å²) in [6.45, 7) is 14.0. The molecule has 1 saturated heterocycles. The molecule has 0 aromatic carbocycles. The molecule has 1 heterocycles. The Labute approximate surface area is 177 Å². The van der Waals surface area contributed by atoms with Gasteiger partial charge in [0.05, 0.1) is 0 Å². The first-order valence-corrected chi connectivity index (χ1v) is 11.5. The molecule has 0 bridgehead atoms. The van der Waals surface area contributed by atoms with Gasteiger partial charge in [0.15, 0.2) is 0 Å². The molecule has 2 unspecified atom stereocenters. The molecule has 0 amide bonds. The molecule has 156 valence electrons. The lowest BCUT2D eigenvalue weighted by molar-refractivity contribution is 0.171. The summed E-state index contributed by atoms with van der Waals surface area (Å²) < 4.78 is 0. The number of hydrogen-bond donors (Lipinski definition) is 1. The minimum Gasteiger partial charge on any atom is -0.373 e. The van der Waals surface area contributed by atoms with Crippen LogP contribution in [0.2, 0.25) is 0 Å². The van der Waals surface area contributed by atoms with E-state index in [4.69, 9.17) is 0 Å². The number of hydrogen-bond acceptors (Lipinski definition) is 2. The van der Waals surface area contributed by atoms with Crippen molar-refractivity contribution in [2.45, 2.75) is 83.2 Å². The van der Waals surface area contributed by atoms with Gasteiger partial charge in [0.25, 0.3) is 0 Å². The normalized spacial score (nSPS) is 28.4. The van der Waals surface area contributed by atoms with Crippen molar-refractivity contribution in [3.8, 4) is 0 Å². The fraction of sp³-hybridized carbons (Fsp3) is 0.519. The van der Waals surface area contributed by atoms with Crippen molar-refractivity contribution in [3.63, 3.8) is 0 Å². The van der Waals surface area contributed by atoms with Crippen molar-refractivity contribution in [3.05, 3.63) is 77.6 Å². The second-order valence-corrected chi connectivity index (χ2v) is 9.40. The quantitative estimate of drug-likeness (QED) is 0.425. The predicted molar refractivity (Wildman–Crippen MR) is 124 cm³/mol. The summed E-state index contributed by atoms with van der Waals surface area (Å²) in [5.41, 5.74) is 7.50. The molecule has 2 heteroatoms. The highest BCUT2D eigenvalue weighted by Gasteiger charge is 2.39. The van der Waals surface area contributed by atoms with Crippen LogP contribution in [-0.4, -0.2) is 23.0 Å². The third-order valence-corrected chi connectivity index (χ3v) is 7.23. The lowest BCUT2D eigenvalue weighted by Crippen LogP contribution is -2.58. The lowest BCUT2D eigenvalue weighted by atomic mass is 9.76. The molecule has 2 fully saturated rings. The fourth-order valence-electron chi connectivity index (χ4n) is 5.15. The molecule has 1 N–H and O–H groups in total. The minimum atomic E-state index is 0.0222. The van der Waals surface area contributed by atoms with Crippen LogP contribution in [0.1, 0.15) is 71.6 Å². The van der Waals surface area contributed by atoms with Crippen molar-refractivity contribution in [2.24, 2.45) is 0 Å². The first-order chi connectivity index (χ1) is 14.0. The monoisotopic (exact) mass is 389 g/mol. The first kappa shape index (κ1) is 20.2. The number of nitrogens with zero attached hydrogens (tertiary/aromatic N) is 1. The van der Waals surface area contributed by atoms with Gasteiger partial charge in [0, 0.05) is 18.1 Å². The van der Waals surface area contributed by atoms with E-state index in [0.29, 0.717) is 6.04 Å². The highest BCUT2D eigenvalue weighted by molar-refractivity contribution is 5.39. The van der Waals surface area contributed by atoms with E-state index in [2.05, 4.69) is 67.9 Å². The summed E-state index contributed by atoms with van der Waals surface area (Å²) in [5, 5.41) is 4.08. The van der Waals surface area contributed by atoms with E-state index < -0.39 is 0 Å². The van der Waals surface area contributed by atoms with Gasteiger partial charge in [-0.15, -0.1) is 12.2 Å². The molecule has 4 aliphatic rings. The minimum absolute atomic E-state index is 0.0222. The van der Waals surface area contributed by atoms with Gasteiger partial charge < -0.3 is 10.2 Å². The molecule has 0 aromatic heterocycles. The van der Waals surface area contributed by atoms with E-state index in [1.165, 1.54) is 54.6 Å². The van der Waals surface area contributed by atoms with Crippen LogP contribution in [0.3, 0.4) is 0 Å². The Morgan fingerprint density at radius 2 is 2.03 bits per heavy atom. The third-order valence-electron chi connectivity index (χ3n) is 7.23. The zero-order valence-electron chi connectivity index (χ0n) is 18.4. The van der Waals surface area contributed by atoms with E-state index >= 15 is 0 Å². The smallest absolute Gasteiger partial charge is 0.101 e. The fourth-order valence-corrected chi connectivity index (χ4v) is 5.15. The molecule has 2 atom stereocenters. The van der Waals surface area contributed by atoms with Crippen molar-refractivity contribution in [1.29, 1.82) is 0 Å². The largest absolute Gasteiger partial charge is 0.373 e. The van der Waals surface area contributed by atoms with Crippen LogP contribution in [0.15, 0.2) is 71.1 Å². The summed E-state index contributed by atoms with van der Waals surface area (Å²) in [4.78, 5) is 2.66. The Hall–Kier alpha value is -2.09. The summed E-state index contributed by atoms with van der Waals surface area (Å²) in [5.74, 6) is 1.42. The molecule has 0 aromatic rings. The van der Waals surface area contributed by atoms with Gasteiger partial charge in [-0.25, -0.2) is 0 Å². The Balaban J connectivity index is 1.60. The summed E-state index contributed by atoms with van der Waals surface area (Å²) in [6.07, 6.45) is 21.9. The van der Waals surface area contributed by atoms with Crippen LogP contribution < -0.4 is 5.32 Å². The van der Waals surface area contributed by atoms with Gasteiger partial charge in [0.1, 0.15) is 5.82 Å². The highest BCUT2D eigenvalue weighted by atomic mass is 15.3. The molecule has 29 heavy (non-hydrogen) atoms. The SMILES string of the molecule is C=CCC1(C2=C[CH-]C(=C)CC2)CCN(C(C)C2=CC=C(C)CCC2)C(=C2CC2)N1. The van der Waals surface area contributed by atoms with E-state index in [1.807, 2.05) is 0 Å². The van der Waals surface area contributed by atoms with Gasteiger partial charge >= 0.3 is 0 Å². The molecule has 0 spiro atoms. The Morgan fingerprint density at radius 1 is 1.21 bits per heavy atom. The summed E-state index contributed by atoms with van der Waals surface area (Å²) in [6, 6.07) is 0.459. The van der Waals surface area contributed by atoms with Crippen LogP contribution in [0, 0.1) is 6.42 Å². The van der Waals surface area contributed by atoms with Gasteiger partial charge in [-0.1, -0.05) is 36.6 Å².